The molecule has 3 rings (SSSR count). The number of carbonyl (C=O) groups excluding carboxylic acids is 1. The quantitative estimate of drug-likeness (QED) is 0.592. The largest absolute Gasteiger partial charge is 0.303 e. The smallest absolute Gasteiger partial charge is 0.239 e. The molecule has 1 saturated heterocycles. The van der Waals surface area contributed by atoms with Crippen LogP contribution in [0, 0.1) is 0 Å². The first-order valence-corrected chi connectivity index (χ1v) is 10.2. The highest BCUT2D eigenvalue weighted by Gasteiger charge is 2.30. The van der Waals surface area contributed by atoms with Gasteiger partial charge in [-0.15, -0.1) is 5.10 Å². The van der Waals surface area contributed by atoms with E-state index in [1.165, 1.54) is 22.9 Å². The van der Waals surface area contributed by atoms with Crippen LogP contribution in [0.4, 0.5) is 0 Å². The molecule has 0 spiro atoms. The number of thioether (sulfide) groups is 1. The molecule has 2 aromatic carbocycles. The fourth-order valence-corrected chi connectivity index (χ4v) is 3.79. The molecule has 5 heteroatoms. The van der Waals surface area contributed by atoms with Crippen molar-refractivity contribution in [3.05, 3.63) is 70.8 Å². The van der Waals surface area contributed by atoms with Crippen molar-refractivity contribution in [2.45, 2.75) is 44.8 Å². The molecule has 0 aliphatic carbocycles. The van der Waals surface area contributed by atoms with Crippen LogP contribution in [0.2, 0.25) is 0 Å². The zero-order valence-electron chi connectivity index (χ0n) is 16.0. The Balaban J connectivity index is 1.58. The number of carbonyl (C=O) groups is 1. The van der Waals surface area contributed by atoms with E-state index in [4.69, 9.17) is 0 Å². The number of amides is 1. The van der Waals surface area contributed by atoms with Gasteiger partial charge in [-0.1, -0.05) is 81.1 Å². The van der Waals surface area contributed by atoms with E-state index in [0.717, 1.165) is 17.5 Å². The van der Waals surface area contributed by atoms with E-state index < -0.39 is 0 Å². The number of rotatable bonds is 6. The van der Waals surface area contributed by atoms with Crippen molar-refractivity contribution >= 4 is 29.1 Å². The lowest BCUT2D eigenvalue weighted by Gasteiger charge is -2.06. The van der Waals surface area contributed by atoms with Gasteiger partial charge in [0.2, 0.25) is 5.91 Å². The zero-order valence-corrected chi connectivity index (χ0v) is 16.8. The number of amidine groups is 1. The number of benzene rings is 2. The first kappa shape index (κ1) is 19.4. The van der Waals surface area contributed by atoms with Crippen LogP contribution in [0.3, 0.4) is 0 Å². The molecule has 4 nitrogen and oxygen atoms in total. The summed E-state index contributed by atoms with van der Waals surface area (Å²) in [6.45, 7) is 6.48. The van der Waals surface area contributed by atoms with Crippen LogP contribution < -0.4 is 5.32 Å². The Morgan fingerprint density at radius 2 is 1.74 bits per heavy atom. The van der Waals surface area contributed by atoms with Gasteiger partial charge in [0.05, 0.1) is 11.5 Å². The third kappa shape index (κ3) is 5.30. The second-order valence-corrected chi connectivity index (χ2v) is 8.13. The van der Waals surface area contributed by atoms with Gasteiger partial charge < -0.3 is 5.32 Å². The Hall–Kier alpha value is -2.40. The van der Waals surface area contributed by atoms with Crippen molar-refractivity contribution in [3.63, 3.8) is 0 Å². The van der Waals surface area contributed by atoms with E-state index in [1.54, 1.807) is 6.21 Å². The average molecular weight is 380 g/mol. The van der Waals surface area contributed by atoms with Gasteiger partial charge in [-0.25, -0.2) is 0 Å². The Kier molecular flexibility index (Phi) is 6.45. The lowest BCUT2D eigenvalue weighted by molar-refractivity contribution is -0.118. The monoisotopic (exact) mass is 379 g/mol. The number of aryl methyl sites for hydroxylation is 1. The van der Waals surface area contributed by atoms with Crippen molar-refractivity contribution in [1.29, 1.82) is 0 Å². The zero-order chi connectivity index (χ0) is 19.2. The highest BCUT2D eigenvalue weighted by molar-refractivity contribution is 8.15. The van der Waals surface area contributed by atoms with Gasteiger partial charge in [0, 0.05) is 0 Å². The summed E-state index contributed by atoms with van der Waals surface area (Å²) < 4.78 is 0. The number of nitrogens with zero attached hydrogens (tertiary/aromatic N) is 2. The van der Waals surface area contributed by atoms with Crippen molar-refractivity contribution in [1.82, 2.24) is 5.32 Å². The summed E-state index contributed by atoms with van der Waals surface area (Å²) in [5, 5.41) is 11.5. The molecule has 1 aliphatic heterocycles. The van der Waals surface area contributed by atoms with E-state index in [0.29, 0.717) is 17.5 Å². The van der Waals surface area contributed by atoms with Gasteiger partial charge in [-0.05, 0) is 41.0 Å². The molecule has 1 aliphatic rings. The molecule has 0 radical (unpaired) electrons. The maximum Gasteiger partial charge on any atom is 0.239 e. The number of nitrogens with one attached hydrogen (secondary N) is 1. The molecule has 0 bridgehead atoms. The third-order valence-electron chi connectivity index (χ3n) is 4.59. The summed E-state index contributed by atoms with van der Waals surface area (Å²) in [6.07, 6.45) is 3.43. The van der Waals surface area contributed by atoms with Crippen LogP contribution >= 0.6 is 11.8 Å². The van der Waals surface area contributed by atoms with E-state index in [1.807, 2.05) is 12.1 Å². The SMILES string of the molecule is CCc1ccc(C[C@H]2S/C(=N/N=C\c3ccc(C(C)C)cc3)NC2=O)cc1. The molecule has 140 valence electrons. The minimum absolute atomic E-state index is 0.00481. The van der Waals surface area contributed by atoms with Crippen molar-refractivity contribution in [2.75, 3.05) is 0 Å². The maximum atomic E-state index is 12.2. The molecule has 27 heavy (non-hydrogen) atoms. The fourth-order valence-electron chi connectivity index (χ4n) is 2.83. The molecule has 1 heterocycles. The van der Waals surface area contributed by atoms with Crippen LogP contribution in [-0.2, 0) is 17.6 Å². The summed E-state index contributed by atoms with van der Waals surface area (Å²) >= 11 is 1.44. The molecular weight excluding hydrogens is 354 g/mol. The Morgan fingerprint density at radius 1 is 1.07 bits per heavy atom. The first-order chi connectivity index (χ1) is 13.0. The van der Waals surface area contributed by atoms with Crippen LogP contribution in [-0.4, -0.2) is 22.5 Å². The molecule has 2 aromatic rings. The second-order valence-electron chi connectivity index (χ2n) is 6.94. The molecule has 0 saturated carbocycles. The Bertz CT molecular complexity index is 839. The molecule has 1 fully saturated rings. The number of hydrogen-bond donors (Lipinski definition) is 1. The molecule has 1 amide bonds. The van der Waals surface area contributed by atoms with Gasteiger partial charge in [0.15, 0.2) is 5.17 Å². The van der Waals surface area contributed by atoms with Crippen LogP contribution in [0.5, 0.6) is 0 Å². The molecule has 0 aromatic heterocycles. The number of hydrogen-bond acceptors (Lipinski definition) is 4. The average Bonchev–Trinajstić information content (AvgIpc) is 3.02. The van der Waals surface area contributed by atoms with Gasteiger partial charge in [0.25, 0.3) is 0 Å². The lowest BCUT2D eigenvalue weighted by Crippen LogP contribution is -2.25. The van der Waals surface area contributed by atoms with Crippen LogP contribution in [0.1, 0.15) is 48.9 Å². The Labute approximate surface area is 165 Å². The van der Waals surface area contributed by atoms with Crippen LogP contribution in [0.25, 0.3) is 0 Å². The van der Waals surface area contributed by atoms with Crippen molar-refractivity contribution in [2.24, 2.45) is 10.2 Å². The summed E-state index contributed by atoms with van der Waals surface area (Å²) in [7, 11) is 0. The predicted molar refractivity (Wildman–Crippen MR) is 115 cm³/mol. The summed E-state index contributed by atoms with van der Waals surface area (Å²) in [5.41, 5.74) is 4.76. The Morgan fingerprint density at radius 3 is 2.37 bits per heavy atom. The van der Waals surface area contributed by atoms with Gasteiger partial charge >= 0.3 is 0 Å². The minimum Gasteiger partial charge on any atom is -0.303 e. The van der Waals surface area contributed by atoms with Gasteiger partial charge in [-0.3, -0.25) is 4.79 Å². The maximum absolute atomic E-state index is 12.2. The second kappa shape index (κ2) is 9.00. The molecular formula is C22H25N3OS. The highest BCUT2D eigenvalue weighted by Crippen LogP contribution is 2.23. The van der Waals surface area contributed by atoms with Gasteiger partial charge in [0.1, 0.15) is 0 Å². The van der Waals surface area contributed by atoms with E-state index in [2.05, 4.69) is 72.7 Å². The van der Waals surface area contributed by atoms with E-state index in [-0.39, 0.29) is 11.2 Å². The standard InChI is InChI=1S/C22H25N3OS/c1-4-16-5-7-17(8-6-16)13-20-21(26)24-22(27-20)25-23-14-18-9-11-19(12-10-18)15(2)3/h5-12,14-15,20H,4,13H2,1-3H3,(H,24,25,26)/b23-14-/t20-/m1/s1. The first-order valence-electron chi connectivity index (χ1n) is 9.31. The van der Waals surface area contributed by atoms with E-state index >= 15 is 0 Å². The summed E-state index contributed by atoms with van der Waals surface area (Å²) in [4.78, 5) is 12.2. The molecule has 0 unspecified atom stereocenters. The van der Waals surface area contributed by atoms with Crippen LogP contribution in [0.15, 0.2) is 58.7 Å². The normalized spacial score (nSPS) is 18.6. The van der Waals surface area contributed by atoms with Gasteiger partial charge in [-0.2, -0.15) is 5.10 Å². The summed E-state index contributed by atoms with van der Waals surface area (Å²) in [5.74, 6) is 0.506. The molecule has 1 N–H and O–H groups in total. The third-order valence-corrected chi connectivity index (χ3v) is 5.66. The minimum atomic E-state index is -0.156. The summed E-state index contributed by atoms with van der Waals surface area (Å²) in [6, 6.07) is 16.7. The predicted octanol–water partition coefficient (Wildman–Crippen LogP) is 4.54. The van der Waals surface area contributed by atoms with E-state index in [9.17, 15) is 4.79 Å². The topological polar surface area (TPSA) is 53.8 Å². The van der Waals surface area contributed by atoms with Crippen molar-refractivity contribution in [3.8, 4) is 0 Å². The highest BCUT2D eigenvalue weighted by atomic mass is 32.2. The molecule has 1 atom stereocenters. The lowest BCUT2D eigenvalue weighted by atomic mass is 10.0. The van der Waals surface area contributed by atoms with Crippen molar-refractivity contribution < 1.29 is 4.79 Å². The fraction of sp³-hybridized carbons (Fsp3) is 0.318.